The quantitative estimate of drug-likeness (QED) is 0.675. The lowest BCUT2D eigenvalue weighted by molar-refractivity contribution is 0.498. The van der Waals surface area contributed by atoms with Gasteiger partial charge in [-0.3, -0.25) is 0 Å². The van der Waals surface area contributed by atoms with Gasteiger partial charge in [-0.2, -0.15) is 9.78 Å². The van der Waals surface area contributed by atoms with Crippen LogP contribution in [-0.2, 0) is 0 Å². The highest BCUT2D eigenvalue weighted by molar-refractivity contribution is 8.00. The van der Waals surface area contributed by atoms with E-state index in [-0.39, 0.29) is 0 Å². The van der Waals surface area contributed by atoms with Crippen LogP contribution >= 0.6 is 11.8 Å². The van der Waals surface area contributed by atoms with Gasteiger partial charge in [0.2, 0.25) is 5.16 Å². The first-order valence-corrected chi connectivity index (χ1v) is 6.30. The van der Waals surface area contributed by atoms with Crippen LogP contribution in [0.15, 0.2) is 10.3 Å². The van der Waals surface area contributed by atoms with Crippen LogP contribution in [0, 0.1) is 12.8 Å². The molecule has 1 aliphatic carbocycles. The van der Waals surface area contributed by atoms with E-state index in [4.69, 9.17) is 0 Å². The highest BCUT2D eigenvalue weighted by Gasteiger charge is 2.33. The minimum atomic E-state index is 0.537. The molecule has 0 radical (unpaired) electrons. The van der Waals surface area contributed by atoms with Crippen LogP contribution in [0.25, 0.3) is 0 Å². The van der Waals surface area contributed by atoms with Gasteiger partial charge in [0.25, 0.3) is 0 Å². The number of aromatic nitrogens is 3. The summed E-state index contributed by atoms with van der Waals surface area (Å²) >= 11 is 1.83. The van der Waals surface area contributed by atoms with E-state index in [0.29, 0.717) is 11.2 Å². The highest BCUT2D eigenvalue weighted by Crippen LogP contribution is 2.38. The number of fused-ring (bicyclic) bond motifs is 2. The Balaban J connectivity index is 2.04. The van der Waals surface area contributed by atoms with Crippen molar-refractivity contribution < 1.29 is 0 Å². The largest absolute Gasteiger partial charge is 0.212 e. The van der Waals surface area contributed by atoms with E-state index in [2.05, 4.69) is 22.2 Å². The number of aryl methyl sites for hydroxylation is 1. The maximum absolute atomic E-state index is 4.66. The molecular formula is C10H14N4S. The van der Waals surface area contributed by atoms with Crippen molar-refractivity contribution in [3.8, 4) is 0 Å². The molecule has 15 heavy (non-hydrogen) atoms. The lowest BCUT2D eigenvalue weighted by atomic mass is 9.89. The average Bonchev–Trinajstić information content (AvgIpc) is 2.59. The molecule has 3 rings (SSSR count). The molecule has 1 aromatic heterocycles. The van der Waals surface area contributed by atoms with E-state index < -0.39 is 0 Å². The maximum atomic E-state index is 4.66. The predicted molar refractivity (Wildman–Crippen MR) is 60.3 cm³/mol. The van der Waals surface area contributed by atoms with Gasteiger partial charge in [-0.15, -0.1) is 10.2 Å². The molecule has 0 spiro atoms. The van der Waals surface area contributed by atoms with Gasteiger partial charge in [0.15, 0.2) is 5.82 Å². The summed E-state index contributed by atoms with van der Waals surface area (Å²) in [5.41, 5.74) is 1.33. The van der Waals surface area contributed by atoms with E-state index >= 15 is 0 Å². The fourth-order valence-corrected chi connectivity index (χ4v) is 3.54. The Labute approximate surface area is 93.2 Å². The van der Waals surface area contributed by atoms with Gasteiger partial charge in [-0.05, 0) is 32.1 Å². The van der Waals surface area contributed by atoms with Crippen LogP contribution in [0.3, 0.4) is 0 Å². The molecule has 0 bridgehead atoms. The summed E-state index contributed by atoms with van der Waals surface area (Å²) in [6.07, 6.45) is 3.72. The number of hydrogen-bond acceptors (Lipinski definition) is 4. The number of hydrogen-bond donors (Lipinski definition) is 0. The van der Waals surface area contributed by atoms with E-state index in [1.54, 1.807) is 0 Å². The van der Waals surface area contributed by atoms with E-state index in [0.717, 1.165) is 17.4 Å². The molecule has 1 aromatic rings. The molecule has 1 fully saturated rings. The molecule has 0 saturated heterocycles. The average molecular weight is 222 g/mol. The van der Waals surface area contributed by atoms with Crippen LogP contribution in [0.5, 0.6) is 0 Å². The van der Waals surface area contributed by atoms with Gasteiger partial charge in [0.1, 0.15) is 0 Å². The summed E-state index contributed by atoms with van der Waals surface area (Å²) < 4.78 is 1.88. The fraction of sp³-hybridized carbons (Fsp3) is 0.700. The monoisotopic (exact) mass is 222 g/mol. The van der Waals surface area contributed by atoms with Crippen LogP contribution in [0.2, 0.25) is 0 Å². The third-order valence-electron chi connectivity index (χ3n) is 3.17. The van der Waals surface area contributed by atoms with E-state index in [1.807, 2.05) is 23.4 Å². The zero-order chi connectivity index (χ0) is 10.4. The Morgan fingerprint density at radius 3 is 3.13 bits per heavy atom. The number of nitrogens with zero attached hydrogens (tertiary/aromatic N) is 4. The Kier molecular flexibility index (Phi) is 2.09. The van der Waals surface area contributed by atoms with Crippen LogP contribution in [0.4, 0.5) is 0 Å². The first-order valence-electron chi connectivity index (χ1n) is 5.42. The van der Waals surface area contributed by atoms with Gasteiger partial charge in [0, 0.05) is 0 Å². The van der Waals surface area contributed by atoms with Crippen LogP contribution in [-0.4, -0.2) is 25.8 Å². The third kappa shape index (κ3) is 1.40. The molecule has 1 aliphatic heterocycles. The van der Waals surface area contributed by atoms with Crippen molar-refractivity contribution in [2.75, 3.05) is 0 Å². The molecule has 80 valence electrons. The first-order chi connectivity index (χ1) is 7.25. The Bertz CT molecular complexity index is 423. The van der Waals surface area contributed by atoms with Gasteiger partial charge in [-0.25, -0.2) is 0 Å². The van der Waals surface area contributed by atoms with Crippen molar-refractivity contribution in [1.82, 2.24) is 14.9 Å². The standard InChI is InChI=1S/C10H14N4S/c1-6-4-3-5-8-9(6)15-10-12-11-7(2)14(10)13-8/h6,9H,3-5H2,1-2H3. The summed E-state index contributed by atoms with van der Waals surface area (Å²) in [7, 11) is 0. The second-order valence-corrected chi connectivity index (χ2v) is 5.45. The predicted octanol–water partition coefficient (Wildman–Crippen LogP) is 2.08. The summed E-state index contributed by atoms with van der Waals surface area (Å²) in [6, 6.07) is 0. The topological polar surface area (TPSA) is 43.1 Å². The SMILES string of the molecule is Cc1nnc2n1N=C1CCCC(C)C1S2. The Morgan fingerprint density at radius 2 is 2.27 bits per heavy atom. The molecule has 1 saturated carbocycles. The van der Waals surface area contributed by atoms with Crippen molar-refractivity contribution in [2.24, 2.45) is 11.0 Å². The summed E-state index contributed by atoms with van der Waals surface area (Å²) in [5, 5.41) is 14.4. The molecule has 2 aliphatic rings. The van der Waals surface area contributed by atoms with Gasteiger partial charge < -0.3 is 0 Å². The lowest BCUT2D eigenvalue weighted by Crippen LogP contribution is -2.32. The lowest BCUT2D eigenvalue weighted by Gasteiger charge is -2.31. The second-order valence-electron chi connectivity index (χ2n) is 4.34. The van der Waals surface area contributed by atoms with Gasteiger partial charge >= 0.3 is 0 Å². The third-order valence-corrected chi connectivity index (χ3v) is 4.62. The summed E-state index contributed by atoms with van der Waals surface area (Å²) in [4.78, 5) is 0. The molecule has 2 unspecified atom stereocenters. The smallest absolute Gasteiger partial charge is 0.192 e. The van der Waals surface area contributed by atoms with E-state index in [9.17, 15) is 0 Å². The van der Waals surface area contributed by atoms with Crippen molar-refractivity contribution in [3.05, 3.63) is 5.82 Å². The van der Waals surface area contributed by atoms with Gasteiger partial charge in [-0.1, -0.05) is 18.7 Å². The summed E-state index contributed by atoms with van der Waals surface area (Å²) in [5.74, 6) is 1.61. The van der Waals surface area contributed by atoms with Crippen LogP contribution < -0.4 is 0 Å². The van der Waals surface area contributed by atoms with Crippen molar-refractivity contribution in [1.29, 1.82) is 0 Å². The zero-order valence-corrected chi connectivity index (χ0v) is 9.79. The summed E-state index contributed by atoms with van der Waals surface area (Å²) in [6.45, 7) is 4.26. The van der Waals surface area contributed by atoms with Crippen molar-refractivity contribution >= 4 is 17.5 Å². The molecule has 2 atom stereocenters. The first kappa shape index (κ1) is 9.39. The van der Waals surface area contributed by atoms with Gasteiger partial charge in [0.05, 0.1) is 11.0 Å². The maximum Gasteiger partial charge on any atom is 0.212 e. The second kappa shape index (κ2) is 3.33. The zero-order valence-electron chi connectivity index (χ0n) is 8.97. The normalized spacial score (nSPS) is 29.3. The minimum absolute atomic E-state index is 0.537. The van der Waals surface area contributed by atoms with Crippen LogP contribution in [0.1, 0.15) is 32.0 Å². The molecule has 5 heteroatoms. The van der Waals surface area contributed by atoms with Crippen molar-refractivity contribution in [2.45, 2.75) is 43.5 Å². The fourth-order valence-electron chi connectivity index (χ4n) is 2.29. The molecule has 0 aromatic carbocycles. The van der Waals surface area contributed by atoms with Crippen molar-refractivity contribution in [3.63, 3.8) is 0 Å². The molecule has 0 N–H and O–H groups in total. The Hall–Kier alpha value is -0.840. The molecule has 0 amide bonds. The molecular weight excluding hydrogens is 208 g/mol. The number of thioether (sulfide) groups is 1. The minimum Gasteiger partial charge on any atom is -0.192 e. The highest BCUT2D eigenvalue weighted by atomic mass is 32.2. The Morgan fingerprint density at radius 1 is 1.40 bits per heavy atom. The molecule has 2 heterocycles. The van der Waals surface area contributed by atoms with E-state index in [1.165, 1.54) is 18.6 Å². The number of rotatable bonds is 0. The molecule has 4 nitrogen and oxygen atoms in total.